The van der Waals surface area contributed by atoms with Gasteiger partial charge in [-0.25, -0.2) is 17.5 Å². The van der Waals surface area contributed by atoms with Gasteiger partial charge < -0.3 is 5.73 Å². The summed E-state index contributed by atoms with van der Waals surface area (Å²) in [6.07, 6.45) is 5.64. The molecule has 0 spiro atoms. The highest BCUT2D eigenvalue weighted by Gasteiger charge is 2.22. The first-order valence-electron chi connectivity index (χ1n) is 7.47. The van der Waals surface area contributed by atoms with Gasteiger partial charge in [-0.15, -0.1) is 0 Å². The third-order valence-electron chi connectivity index (χ3n) is 4.39. The van der Waals surface area contributed by atoms with Crippen molar-refractivity contribution in [3.05, 3.63) is 24.0 Å². The molecule has 0 radical (unpaired) electrons. The van der Waals surface area contributed by atoms with Crippen LogP contribution in [0.4, 0.5) is 10.1 Å². The predicted octanol–water partition coefficient (Wildman–Crippen LogP) is 2.90. The molecular weight excluding hydrogens is 291 g/mol. The van der Waals surface area contributed by atoms with Crippen LogP contribution in [0, 0.1) is 17.7 Å². The molecule has 0 heterocycles. The summed E-state index contributed by atoms with van der Waals surface area (Å²) in [5, 5.41) is 0. The standard InChI is InChI=1S/C15H23FN2O2S/c1-2-11-3-5-12(6-4-11)10-18-21(19,20)13-7-8-15(17)14(16)9-13/h7-9,11-12,18H,2-6,10,17H2,1H3. The number of hydrogen-bond acceptors (Lipinski definition) is 3. The van der Waals surface area contributed by atoms with Crippen LogP contribution in [0.1, 0.15) is 39.0 Å². The zero-order valence-electron chi connectivity index (χ0n) is 12.3. The molecule has 0 saturated heterocycles. The van der Waals surface area contributed by atoms with E-state index in [1.165, 1.54) is 31.4 Å². The van der Waals surface area contributed by atoms with Gasteiger partial charge >= 0.3 is 0 Å². The lowest BCUT2D eigenvalue weighted by atomic mass is 9.81. The molecule has 1 aliphatic rings. The number of sulfonamides is 1. The zero-order chi connectivity index (χ0) is 15.5. The molecule has 1 aliphatic carbocycles. The van der Waals surface area contributed by atoms with E-state index in [0.29, 0.717) is 12.5 Å². The van der Waals surface area contributed by atoms with Crippen LogP contribution in [-0.4, -0.2) is 15.0 Å². The van der Waals surface area contributed by atoms with E-state index in [1.54, 1.807) is 0 Å². The van der Waals surface area contributed by atoms with E-state index in [0.717, 1.165) is 24.8 Å². The Hall–Kier alpha value is -1.14. The van der Waals surface area contributed by atoms with Crippen LogP contribution in [0.5, 0.6) is 0 Å². The number of nitrogens with one attached hydrogen (secondary N) is 1. The van der Waals surface area contributed by atoms with E-state index in [1.807, 2.05) is 0 Å². The summed E-state index contributed by atoms with van der Waals surface area (Å²) in [5.41, 5.74) is 5.31. The molecule has 3 N–H and O–H groups in total. The molecular formula is C15H23FN2O2S. The van der Waals surface area contributed by atoms with Gasteiger partial charge in [0, 0.05) is 6.54 Å². The lowest BCUT2D eigenvalue weighted by molar-refractivity contribution is 0.270. The zero-order valence-corrected chi connectivity index (χ0v) is 13.1. The number of hydrogen-bond donors (Lipinski definition) is 2. The Kier molecular flexibility index (Phi) is 5.22. The maximum absolute atomic E-state index is 13.4. The third-order valence-corrected chi connectivity index (χ3v) is 5.81. The summed E-state index contributed by atoms with van der Waals surface area (Å²) >= 11 is 0. The molecule has 0 aliphatic heterocycles. The third kappa shape index (κ3) is 4.17. The van der Waals surface area contributed by atoms with Crippen molar-refractivity contribution in [2.45, 2.75) is 43.9 Å². The normalized spacial score (nSPS) is 23.1. The van der Waals surface area contributed by atoms with Gasteiger partial charge in [0.2, 0.25) is 10.0 Å². The van der Waals surface area contributed by atoms with Gasteiger partial charge in [-0.1, -0.05) is 26.2 Å². The van der Waals surface area contributed by atoms with Gasteiger partial charge in [0.25, 0.3) is 0 Å². The molecule has 0 bridgehead atoms. The molecule has 0 aromatic heterocycles. The minimum absolute atomic E-state index is 0.0492. The highest BCUT2D eigenvalue weighted by atomic mass is 32.2. The van der Waals surface area contributed by atoms with Crippen LogP contribution in [-0.2, 0) is 10.0 Å². The largest absolute Gasteiger partial charge is 0.396 e. The number of rotatable bonds is 5. The van der Waals surface area contributed by atoms with Gasteiger partial charge in [0.05, 0.1) is 10.6 Å². The molecule has 0 unspecified atom stereocenters. The minimum Gasteiger partial charge on any atom is -0.396 e. The summed E-state index contributed by atoms with van der Waals surface area (Å²) in [6, 6.07) is 3.57. The van der Waals surface area contributed by atoms with Crippen LogP contribution in [0.3, 0.4) is 0 Å². The van der Waals surface area contributed by atoms with Crippen LogP contribution < -0.4 is 10.5 Å². The molecule has 0 amide bonds. The quantitative estimate of drug-likeness (QED) is 0.821. The van der Waals surface area contributed by atoms with Gasteiger partial charge in [-0.05, 0) is 42.9 Å². The van der Waals surface area contributed by atoms with Crippen molar-refractivity contribution in [2.75, 3.05) is 12.3 Å². The number of nitrogen functional groups attached to an aromatic ring is 1. The Balaban J connectivity index is 1.94. The maximum Gasteiger partial charge on any atom is 0.240 e. The van der Waals surface area contributed by atoms with E-state index in [4.69, 9.17) is 5.73 Å². The van der Waals surface area contributed by atoms with E-state index < -0.39 is 15.8 Å². The number of anilines is 1. The average molecular weight is 314 g/mol. The van der Waals surface area contributed by atoms with Crippen molar-refractivity contribution in [1.82, 2.24) is 4.72 Å². The topological polar surface area (TPSA) is 72.2 Å². The second-order valence-electron chi connectivity index (χ2n) is 5.83. The second-order valence-corrected chi connectivity index (χ2v) is 7.60. The van der Waals surface area contributed by atoms with Crippen LogP contribution in [0.2, 0.25) is 0 Å². The lowest BCUT2D eigenvalue weighted by Crippen LogP contribution is -2.31. The first-order valence-corrected chi connectivity index (χ1v) is 8.95. The number of halogens is 1. The minimum atomic E-state index is -3.66. The van der Waals surface area contributed by atoms with Crippen molar-refractivity contribution >= 4 is 15.7 Å². The molecule has 4 nitrogen and oxygen atoms in total. The van der Waals surface area contributed by atoms with Gasteiger partial charge in [-0.2, -0.15) is 0 Å². The second kappa shape index (κ2) is 6.75. The Morgan fingerprint density at radius 1 is 1.24 bits per heavy atom. The summed E-state index contributed by atoms with van der Waals surface area (Å²) in [6.45, 7) is 2.62. The summed E-state index contributed by atoms with van der Waals surface area (Å²) in [7, 11) is -3.66. The fraction of sp³-hybridized carbons (Fsp3) is 0.600. The molecule has 118 valence electrons. The van der Waals surface area contributed by atoms with E-state index in [9.17, 15) is 12.8 Å². The molecule has 1 saturated carbocycles. The molecule has 21 heavy (non-hydrogen) atoms. The van der Waals surface area contributed by atoms with E-state index in [-0.39, 0.29) is 10.6 Å². The fourth-order valence-corrected chi connectivity index (χ4v) is 3.96. The highest BCUT2D eigenvalue weighted by molar-refractivity contribution is 7.89. The lowest BCUT2D eigenvalue weighted by Gasteiger charge is -2.27. The first-order chi connectivity index (χ1) is 9.92. The summed E-state index contributed by atoms with van der Waals surface area (Å²) in [4.78, 5) is -0.0727. The first kappa shape index (κ1) is 16.2. The van der Waals surface area contributed by atoms with Crippen LogP contribution in [0.15, 0.2) is 23.1 Å². The summed E-state index contributed by atoms with van der Waals surface area (Å²) in [5.74, 6) is 0.451. The van der Waals surface area contributed by atoms with Gasteiger partial charge in [0.1, 0.15) is 5.82 Å². The smallest absolute Gasteiger partial charge is 0.240 e. The average Bonchev–Trinajstić information content (AvgIpc) is 2.48. The van der Waals surface area contributed by atoms with Crippen molar-refractivity contribution in [3.8, 4) is 0 Å². The predicted molar refractivity (Wildman–Crippen MR) is 81.7 cm³/mol. The van der Waals surface area contributed by atoms with E-state index in [2.05, 4.69) is 11.6 Å². The Labute approximate surface area is 126 Å². The molecule has 0 atom stereocenters. The number of benzene rings is 1. The van der Waals surface area contributed by atoms with Crippen molar-refractivity contribution < 1.29 is 12.8 Å². The summed E-state index contributed by atoms with van der Waals surface area (Å²) < 4.78 is 40.2. The van der Waals surface area contributed by atoms with Crippen molar-refractivity contribution in [2.24, 2.45) is 11.8 Å². The Morgan fingerprint density at radius 2 is 1.86 bits per heavy atom. The molecule has 1 fully saturated rings. The van der Waals surface area contributed by atoms with Crippen LogP contribution >= 0.6 is 0 Å². The molecule has 1 aromatic rings. The maximum atomic E-state index is 13.4. The van der Waals surface area contributed by atoms with Gasteiger partial charge in [-0.3, -0.25) is 0 Å². The van der Waals surface area contributed by atoms with Crippen LogP contribution in [0.25, 0.3) is 0 Å². The molecule has 6 heteroatoms. The van der Waals surface area contributed by atoms with E-state index >= 15 is 0 Å². The highest BCUT2D eigenvalue weighted by Crippen LogP contribution is 2.30. The van der Waals surface area contributed by atoms with Crippen molar-refractivity contribution in [1.29, 1.82) is 0 Å². The Morgan fingerprint density at radius 3 is 2.43 bits per heavy atom. The van der Waals surface area contributed by atoms with Crippen molar-refractivity contribution in [3.63, 3.8) is 0 Å². The number of nitrogens with two attached hydrogens (primary N) is 1. The SMILES string of the molecule is CCC1CCC(CNS(=O)(=O)c2ccc(N)c(F)c2)CC1. The fourth-order valence-electron chi connectivity index (χ4n) is 2.83. The Bertz CT molecular complexity index is 581. The molecule has 2 rings (SSSR count). The molecule has 1 aromatic carbocycles. The monoisotopic (exact) mass is 314 g/mol. The van der Waals surface area contributed by atoms with Gasteiger partial charge in [0.15, 0.2) is 0 Å².